The van der Waals surface area contributed by atoms with Gasteiger partial charge in [0.25, 0.3) is 0 Å². The summed E-state index contributed by atoms with van der Waals surface area (Å²) in [6.45, 7) is 6.61. The van der Waals surface area contributed by atoms with Crippen LogP contribution >= 0.6 is 0 Å². The van der Waals surface area contributed by atoms with Crippen molar-refractivity contribution in [2.24, 2.45) is 0 Å². The molecule has 0 amide bonds. The molecule has 0 radical (unpaired) electrons. The van der Waals surface area contributed by atoms with E-state index in [1.165, 1.54) is 186 Å². The topological polar surface area (TPSA) is 78.9 Å². The monoisotopic (exact) mass is 793 g/mol. The summed E-state index contributed by atoms with van der Waals surface area (Å²) < 4.78 is 16.7. The lowest BCUT2D eigenvalue weighted by molar-refractivity contribution is -0.167. The first-order chi connectivity index (χ1) is 27.5. The third kappa shape index (κ3) is 43.5. The lowest BCUT2D eigenvalue weighted by Gasteiger charge is -2.18. The van der Waals surface area contributed by atoms with Crippen LogP contribution in [0.5, 0.6) is 0 Å². The molecule has 0 aliphatic rings. The van der Waals surface area contributed by atoms with Crippen LogP contribution in [0.2, 0.25) is 0 Å². The first-order valence-electron chi connectivity index (χ1n) is 25.0. The Hall–Kier alpha value is -1.59. The molecule has 0 aromatic carbocycles. The predicted octanol–water partition coefficient (Wildman–Crippen LogP) is 16.0. The zero-order chi connectivity index (χ0) is 40.8. The number of carbonyl (C=O) groups excluding carboxylic acids is 3. The van der Waals surface area contributed by atoms with Crippen molar-refractivity contribution in [2.45, 2.75) is 290 Å². The summed E-state index contributed by atoms with van der Waals surface area (Å²) in [6.07, 6.45) is 48.3. The Morgan fingerprint density at radius 2 is 0.482 bits per heavy atom. The number of unbranched alkanes of at least 4 members (excludes halogenated alkanes) is 35. The summed E-state index contributed by atoms with van der Waals surface area (Å²) in [5.41, 5.74) is 0. The smallest absolute Gasteiger partial charge is 0.306 e. The summed E-state index contributed by atoms with van der Waals surface area (Å²) in [5.74, 6) is -0.857. The van der Waals surface area contributed by atoms with Crippen molar-refractivity contribution in [3.05, 3.63) is 0 Å². The lowest BCUT2D eigenvalue weighted by Crippen LogP contribution is -2.30. The first kappa shape index (κ1) is 54.4. The molecular weight excluding hydrogens is 697 g/mol. The molecule has 56 heavy (non-hydrogen) atoms. The maximum Gasteiger partial charge on any atom is 0.306 e. The fraction of sp³-hybridized carbons (Fsp3) is 0.940. The van der Waals surface area contributed by atoms with E-state index >= 15 is 0 Å². The minimum atomic E-state index is -0.757. The van der Waals surface area contributed by atoms with Gasteiger partial charge in [0.1, 0.15) is 13.2 Å². The largest absolute Gasteiger partial charge is 0.462 e. The van der Waals surface area contributed by atoms with E-state index in [1.54, 1.807) is 0 Å². The molecule has 0 aliphatic carbocycles. The Bertz CT molecular complexity index is 828. The molecular formula is C50H96O6. The molecule has 0 aliphatic heterocycles. The van der Waals surface area contributed by atoms with Gasteiger partial charge in [0.05, 0.1) is 0 Å². The van der Waals surface area contributed by atoms with Gasteiger partial charge in [-0.25, -0.2) is 0 Å². The Balaban J connectivity index is 4.04. The van der Waals surface area contributed by atoms with E-state index in [4.69, 9.17) is 14.2 Å². The van der Waals surface area contributed by atoms with E-state index in [0.29, 0.717) is 19.3 Å². The van der Waals surface area contributed by atoms with E-state index in [0.717, 1.165) is 57.8 Å². The molecule has 0 spiro atoms. The van der Waals surface area contributed by atoms with Gasteiger partial charge in [-0.1, -0.05) is 245 Å². The highest BCUT2D eigenvalue weighted by molar-refractivity contribution is 5.71. The Morgan fingerprint density at radius 3 is 0.714 bits per heavy atom. The van der Waals surface area contributed by atoms with Crippen LogP contribution in [0.1, 0.15) is 284 Å². The van der Waals surface area contributed by atoms with E-state index in [9.17, 15) is 14.4 Å². The number of hydrogen-bond acceptors (Lipinski definition) is 6. The fourth-order valence-electron chi connectivity index (χ4n) is 7.56. The van der Waals surface area contributed by atoms with Crippen LogP contribution < -0.4 is 0 Å². The third-order valence-electron chi connectivity index (χ3n) is 11.4. The summed E-state index contributed by atoms with van der Waals surface area (Å²) >= 11 is 0. The second-order valence-electron chi connectivity index (χ2n) is 17.1. The van der Waals surface area contributed by atoms with Crippen LogP contribution in [-0.2, 0) is 28.6 Å². The zero-order valence-corrected chi connectivity index (χ0v) is 37.9. The quantitative estimate of drug-likeness (QED) is 0.0347. The molecule has 0 rings (SSSR count). The van der Waals surface area contributed by atoms with Crippen molar-refractivity contribution in [3.8, 4) is 0 Å². The van der Waals surface area contributed by atoms with E-state index in [2.05, 4.69) is 20.8 Å². The van der Waals surface area contributed by atoms with Crippen molar-refractivity contribution < 1.29 is 28.6 Å². The van der Waals surface area contributed by atoms with Gasteiger partial charge in [0, 0.05) is 19.3 Å². The van der Waals surface area contributed by atoms with Crippen molar-refractivity contribution in [2.75, 3.05) is 13.2 Å². The van der Waals surface area contributed by atoms with Gasteiger partial charge in [-0.2, -0.15) is 0 Å². The Labute approximate surface area is 348 Å². The summed E-state index contributed by atoms with van der Waals surface area (Å²) in [7, 11) is 0. The molecule has 6 nitrogen and oxygen atoms in total. The van der Waals surface area contributed by atoms with Gasteiger partial charge in [-0.05, 0) is 19.3 Å². The summed E-state index contributed by atoms with van der Waals surface area (Å²) in [4.78, 5) is 37.6. The second-order valence-corrected chi connectivity index (χ2v) is 17.1. The minimum absolute atomic E-state index is 0.0631. The van der Waals surface area contributed by atoms with Gasteiger partial charge in [0.2, 0.25) is 0 Å². The summed E-state index contributed by atoms with van der Waals surface area (Å²) in [5, 5.41) is 0. The van der Waals surface area contributed by atoms with Gasteiger partial charge in [-0.15, -0.1) is 0 Å². The molecule has 0 aromatic rings. The molecule has 0 heterocycles. The predicted molar refractivity (Wildman–Crippen MR) is 238 cm³/mol. The molecule has 0 bridgehead atoms. The Kier molecular flexibility index (Phi) is 44.8. The molecule has 0 N–H and O–H groups in total. The fourth-order valence-corrected chi connectivity index (χ4v) is 7.56. The molecule has 6 heteroatoms. The highest BCUT2D eigenvalue weighted by Crippen LogP contribution is 2.17. The average molecular weight is 793 g/mol. The van der Waals surface area contributed by atoms with Crippen LogP contribution in [0.25, 0.3) is 0 Å². The number of carbonyl (C=O) groups is 3. The van der Waals surface area contributed by atoms with Crippen LogP contribution in [0.4, 0.5) is 0 Å². The highest BCUT2D eigenvalue weighted by Gasteiger charge is 2.19. The number of esters is 3. The number of ether oxygens (including phenoxy) is 3. The van der Waals surface area contributed by atoms with Gasteiger partial charge in [0.15, 0.2) is 6.10 Å². The summed E-state index contributed by atoms with van der Waals surface area (Å²) in [6, 6.07) is 0. The van der Waals surface area contributed by atoms with Crippen LogP contribution in [0, 0.1) is 0 Å². The number of hydrogen-bond donors (Lipinski definition) is 0. The number of rotatable bonds is 46. The van der Waals surface area contributed by atoms with Crippen molar-refractivity contribution in [3.63, 3.8) is 0 Å². The zero-order valence-electron chi connectivity index (χ0n) is 37.9. The van der Waals surface area contributed by atoms with Crippen molar-refractivity contribution in [1.82, 2.24) is 0 Å². The van der Waals surface area contributed by atoms with Crippen LogP contribution in [-0.4, -0.2) is 37.2 Å². The molecule has 0 saturated carbocycles. The first-order valence-corrected chi connectivity index (χ1v) is 25.0. The van der Waals surface area contributed by atoms with E-state index in [1.807, 2.05) is 0 Å². The minimum Gasteiger partial charge on any atom is -0.462 e. The maximum atomic E-state index is 12.6. The van der Waals surface area contributed by atoms with Crippen LogP contribution in [0.3, 0.4) is 0 Å². The van der Waals surface area contributed by atoms with Crippen molar-refractivity contribution >= 4 is 17.9 Å². The molecule has 0 aromatic heterocycles. The third-order valence-corrected chi connectivity index (χ3v) is 11.4. The standard InChI is InChI=1S/C50H96O6/c1-4-7-10-13-16-19-20-21-22-23-24-25-26-27-28-29-30-31-32-35-37-40-43-49(52)55-46-47(56-50(53)44-41-38-34-18-15-12-9-6-3)45-54-48(51)42-39-36-33-17-14-11-8-5-2/h47H,4-46H2,1-3H3. The molecule has 0 saturated heterocycles. The SMILES string of the molecule is CCCCCCCCCCCCCCCCCCCCCCCCC(=O)OCC(COC(=O)CCCCCCCCCC)OC(=O)CCCCCCCCCC. The lowest BCUT2D eigenvalue weighted by atomic mass is 10.0. The molecule has 1 unspecified atom stereocenters. The van der Waals surface area contributed by atoms with Crippen LogP contribution in [0.15, 0.2) is 0 Å². The normalized spacial score (nSPS) is 11.8. The maximum absolute atomic E-state index is 12.6. The average Bonchev–Trinajstić information content (AvgIpc) is 3.19. The Morgan fingerprint density at radius 1 is 0.286 bits per heavy atom. The van der Waals surface area contributed by atoms with Gasteiger partial charge >= 0.3 is 17.9 Å². The second kappa shape index (κ2) is 46.1. The van der Waals surface area contributed by atoms with Gasteiger partial charge < -0.3 is 14.2 Å². The van der Waals surface area contributed by atoms with E-state index in [-0.39, 0.29) is 31.1 Å². The molecule has 332 valence electrons. The van der Waals surface area contributed by atoms with Crippen molar-refractivity contribution in [1.29, 1.82) is 0 Å². The van der Waals surface area contributed by atoms with E-state index < -0.39 is 6.10 Å². The van der Waals surface area contributed by atoms with Gasteiger partial charge in [-0.3, -0.25) is 14.4 Å². The molecule has 0 fully saturated rings. The highest BCUT2D eigenvalue weighted by atomic mass is 16.6. The molecule has 1 atom stereocenters.